The quantitative estimate of drug-likeness (QED) is 0.861. The van der Waals surface area contributed by atoms with Crippen molar-refractivity contribution in [1.29, 1.82) is 0 Å². The molecule has 3 heteroatoms. The summed E-state index contributed by atoms with van der Waals surface area (Å²) in [6.07, 6.45) is 3.83. The summed E-state index contributed by atoms with van der Waals surface area (Å²) in [5.41, 5.74) is 1.20. The van der Waals surface area contributed by atoms with Crippen molar-refractivity contribution in [2.24, 2.45) is 0 Å². The molecule has 1 aromatic heterocycles. The Morgan fingerprint density at radius 3 is 2.41 bits per heavy atom. The summed E-state index contributed by atoms with van der Waals surface area (Å²) < 4.78 is 2.15. The summed E-state index contributed by atoms with van der Waals surface area (Å²) in [5.74, 6) is 1.38. The van der Waals surface area contributed by atoms with Crippen molar-refractivity contribution in [2.45, 2.75) is 32.7 Å². The largest absolute Gasteiger partial charge is 0.508 e. The number of imidazole rings is 1. The van der Waals surface area contributed by atoms with Crippen molar-refractivity contribution in [1.82, 2.24) is 9.55 Å². The Kier molecular flexibility index (Phi) is 2.92. The number of aromatic nitrogens is 2. The minimum Gasteiger partial charge on any atom is -0.508 e. The molecule has 0 atom stereocenters. The summed E-state index contributed by atoms with van der Waals surface area (Å²) in [6, 6.07) is 7.29. The topological polar surface area (TPSA) is 38.0 Å². The van der Waals surface area contributed by atoms with Crippen LogP contribution >= 0.6 is 0 Å². The molecule has 0 unspecified atom stereocenters. The van der Waals surface area contributed by atoms with Gasteiger partial charge in [0.05, 0.1) is 0 Å². The molecule has 90 valence electrons. The molecule has 0 bridgehead atoms. The third-order valence-electron chi connectivity index (χ3n) is 2.68. The molecule has 0 spiro atoms. The van der Waals surface area contributed by atoms with Crippen LogP contribution in [0.2, 0.25) is 0 Å². The van der Waals surface area contributed by atoms with E-state index in [1.807, 2.05) is 24.5 Å². The van der Waals surface area contributed by atoms with Crippen LogP contribution in [0.1, 0.15) is 32.2 Å². The van der Waals surface area contributed by atoms with E-state index in [-0.39, 0.29) is 5.41 Å². The zero-order chi connectivity index (χ0) is 12.5. The monoisotopic (exact) mass is 230 g/mol. The molecule has 1 heterocycles. The highest BCUT2D eigenvalue weighted by atomic mass is 16.3. The maximum absolute atomic E-state index is 9.25. The van der Waals surface area contributed by atoms with Crippen LogP contribution in [0.4, 0.5) is 0 Å². The number of hydrogen-bond donors (Lipinski definition) is 1. The Morgan fingerprint density at radius 1 is 1.18 bits per heavy atom. The number of hydrogen-bond acceptors (Lipinski definition) is 2. The molecule has 0 aliphatic heterocycles. The van der Waals surface area contributed by atoms with Gasteiger partial charge in [-0.15, -0.1) is 0 Å². The fraction of sp³-hybridized carbons (Fsp3) is 0.357. The van der Waals surface area contributed by atoms with Gasteiger partial charge in [0.1, 0.15) is 11.6 Å². The van der Waals surface area contributed by atoms with Crippen LogP contribution < -0.4 is 0 Å². The van der Waals surface area contributed by atoms with E-state index in [1.54, 1.807) is 12.1 Å². The number of benzene rings is 1. The van der Waals surface area contributed by atoms with Crippen LogP contribution in [0.3, 0.4) is 0 Å². The van der Waals surface area contributed by atoms with Gasteiger partial charge in [-0.3, -0.25) is 0 Å². The summed E-state index contributed by atoms with van der Waals surface area (Å²) in [6.45, 7) is 7.25. The second-order valence-electron chi connectivity index (χ2n) is 5.30. The van der Waals surface area contributed by atoms with E-state index in [4.69, 9.17) is 0 Å². The van der Waals surface area contributed by atoms with Crippen molar-refractivity contribution in [2.75, 3.05) is 0 Å². The first-order chi connectivity index (χ1) is 7.97. The number of phenols is 1. The lowest BCUT2D eigenvalue weighted by Gasteiger charge is -2.19. The standard InChI is InChI=1S/C14H18N2O/c1-14(2,3)13-15-8-9-16(13)10-11-4-6-12(17)7-5-11/h4-9,17H,10H2,1-3H3. The SMILES string of the molecule is CC(C)(C)c1nccn1Cc1ccc(O)cc1. The van der Waals surface area contributed by atoms with Gasteiger partial charge < -0.3 is 9.67 Å². The van der Waals surface area contributed by atoms with Gasteiger partial charge in [-0.2, -0.15) is 0 Å². The van der Waals surface area contributed by atoms with Gasteiger partial charge in [0.15, 0.2) is 0 Å². The second-order valence-corrected chi connectivity index (χ2v) is 5.30. The molecule has 1 aromatic carbocycles. The smallest absolute Gasteiger partial charge is 0.115 e. The van der Waals surface area contributed by atoms with E-state index in [0.29, 0.717) is 5.75 Å². The fourth-order valence-corrected chi connectivity index (χ4v) is 1.88. The molecule has 1 N–H and O–H groups in total. The lowest BCUT2D eigenvalue weighted by atomic mass is 9.95. The number of phenolic OH excluding ortho intramolecular Hbond substituents is 1. The highest BCUT2D eigenvalue weighted by molar-refractivity contribution is 5.26. The average Bonchev–Trinajstić information content (AvgIpc) is 2.69. The molecule has 0 aliphatic rings. The first kappa shape index (κ1) is 11.7. The third-order valence-corrected chi connectivity index (χ3v) is 2.68. The number of aromatic hydroxyl groups is 1. The zero-order valence-corrected chi connectivity index (χ0v) is 10.5. The minimum atomic E-state index is 0.0421. The van der Waals surface area contributed by atoms with Gasteiger partial charge in [-0.05, 0) is 17.7 Å². The minimum absolute atomic E-state index is 0.0421. The first-order valence-corrected chi connectivity index (χ1v) is 5.76. The normalized spacial score (nSPS) is 11.7. The van der Waals surface area contributed by atoms with Gasteiger partial charge in [0, 0.05) is 24.4 Å². The Hall–Kier alpha value is -1.77. The van der Waals surface area contributed by atoms with Gasteiger partial charge in [0.25, 0.3) is 0 Å². The molecule has 2 rings (SSSR count). The van der Waals surface area contributed by atoms with Crippen LogP contribution in [0.25, 0.3) is 0 Å². The van der Waals surface area contributed by atoms with Crippen LogP contribution in [0.5, 0.6) is 5.75 Å². The van der Waals surface area contributed by atoms with Crippen LogP contribution in [-0.2, 0) is 12.0 Å². The van der Waals surface area contributed by atoms with Crippen molar-refractivity contribution < 1.29 is 5.11 Å². The predicted octanol–water partition coefficient (Wildman–Crippen LogP) is 2.93. The van der Waals surface area contributed by atoms with E-state index in [9.17, 15) is 5.11 Å². The van der Waals surface area contributed by atoms with Crippen molar-refractivity contribution in [3.63, 3.8) is 0 Å². The van der Waals surface area contributed by atoms with Crippen LogP contribution in [0.15, 0.2) is 36.7 Å². The van der Waals surface area contributed by atoms with E-state index in [1.165, 1.54) is 0 Å². The van der Waals surface area contributed by atoms with Crippen molar-refractivity contribution in [3.8, 4) is 5.75 Å². The van der Waals surface area contributed by atoms with Crippen molar-refractivity contribution >= 4 is 0 Å². The van der Waals surface area contributed by atoms with E-state index >= 15 is 0 Å². The Balaban J connectivity index is 2.25. The highest BCUT2D eigenvalue weighted by Crippen LogP contribution is 2.21. The molecule has 0 fully saturated rings. The molecule has 2 aromatic rings. The lowest BCUT2D eigenvalue weighted by Crippen LogP contribution is -2.19. The fourth-order valence-electron chi connectivity index (χ4n) is 1.88. The highest BCUT2D eigenvalue weighted by Gasteiger charge is 2.19. The number of nitrogens with zero attached hydrogens (tertiary/aromatic N) is 2. The van der Waals surface area contributed by atoms with Gasteiger partial charge >= 0.3 is 0 Å². The third kappa shape index (κ3) is 2.67. The predicted molar refractivity (Wildman–Crippen MR) is 68.1 cm³/mol. The Morgan fingerprint density at radius 2 is 1.82 bits per heavy atom. The summed E-state index contributed by atoms with van der Waals surface area (Å²) in [7, 11) is 0. The maximum Gasteiger partial charge on any atom is 0.115 e. The van der Waals surface area contributed by atoms with Crippen molar-refractivity contribution in [3.05, 3.63) is 48.0 Å². The molecule has 0 radical (unpaired) electrons. The first-order valence-electron chi connectivity index (χ1n) is 5.76. The molecular formula is C14H18N2O. The zero-order valence-electron chi connectivity index (χ0n) is 10.5. The molecule has 17 heavy (non-hydrogen) atoms. The van der Waals surface area contributed by atoms with Gasteiger partial charge in [-0.25, -0.2) is 4.98 Å². The van der Waals surface area contributed by atoms with E-state index < -0.39 is 0 Å². The van der Waals surface area contributed by atoms with E-state index in [2.05, 4.69) is 30.3 Å². The molecular weight excluding hydrogens is 212 g/mol. The lowest BCUT2D eigenvalue weighted by molar-refractivity contribution is 0.474. The molecule has 0 aliphatic carbocycles. The van der Waals surface area contributed by atoms with Crippen LogP contribution in [0, 0.1) is 0 Å². The maximum atomic E-state index is 9.25. The Bertz CT molecular complexity index is 492. The summed E-state index contributed by atoms with van der Waals surface area (Å²) in [4.78, 5) is 4.41. The summed E-state index contributed by atoms with van der Waals surface area (Å²) in [5, 5.41) is 9.25. The molecule has 3 nitrogen and oxygen atoms in total. The molecule has 0 amide bonds. The average molecular weight is 230 g/mol. The van der Waals surface area contributed by atoms with Crippen LogP contribution in [-0.4, -0.2) is 14.7 Å². The summed E-state index contributed by atoms with van der Waals surface area (Å²) >= 11 is 0. The molecule has 0 saturated heterocycles. The Labute approximate surface area is 102 Å². The molecule has 0 saturated carbocycles. The second kappa shape index (κ2) is 4.24. The van der Waals surface area contributed by atoms with Gasteiger partial charge in [-0.1, -0.05) is 32.9 Å². The van der Waals surface area contributed by atoms with E-state index in [0.717, 1.165) is 17.9 Å². The number of rotatable bonds is 2. The van der Waals surface area contributed by atoms with Gasteiger partial charge in [0.2, 0.25) is 0 Å².